The molecule has 51 heavy (non-hydrogen) atoms. The lowest BCUT2D eigenvalue weighted by Gasteiger charge is -2.32. The Balaban J connectivity index is 1.63. The zero-order valence-corrected chi connectivity index (χ0v) is 29.3. The van der Waals surface area contributed by atoms with Crippen molar-refractivity contribution in [2.24, 2.45) is 5.92 Å². The molecular formula is C37H46N4O10. The first-order valence-corrected chi connectivity index (χ1v) is 16.8. The van der Waals surface area contributed by atoms with Crippen LogP contribution in [0, 0.1) is 5.92 Å². The van der Waals surface area contributed by atoms with Crippen LogP contribution in [0.4, 0.5) is 0 Å². The van der Waals surface area contributed by atoms with Crippen molar-refractivity contribution < 1.29 is 47.5 Å². The Morgan fingerprint density at radius 2 is 1.65 bits per heavy atom. The average molecular weight is 707 g/mol. The van der Waals surface area contributed by atoms with Crippen LogP contribution in [-0.4, -0.2) is 74.1 Å². The maximum absolute atomic E-state index is 13.5. The molecule has 1 aromatic heterocycles. The number of hydrogen-bond acceptors (Lipinski definition) is 10. The number of furan rings is 1. The van der Waals surface area contributed by atoms with Gasteiger partial charge < -0.3 is 29.8 Å². The van der Waals surface area contributed by atoms with E-state index in [9.17, 15) is 28.8 Å². The number of amides is 4. The largest absolute Gasteiger partial charge is 0.469 e. The number of carbonyl (C=O) groups is 6. The molecule has 14 nitrogen and oxygen atoms in total. The van der Waals surface area contributed by atoms with Crippen molar-refractivity contribution in [3.05, 3.63) is 83.6 Å². The van der Waals surface area contributed by atoms with Crippen molar-refractivity contribution in [1.29, 1.82) is 0 Å². The SMILES string of the molecule is CCCCCC(C(=O)NCNC(=O)c1ccc(-c2cccc(C(=O)NC(CC(=O)OC)C(=O)OC)c2)o1)[C@@H](CC)N(C=O)OCc1ccccc1. The number of methoxy groups -OCH3 is 2. The number of carbonyl (C=O) groups excluding carboxylic acids is 6. The van der Waals surface area contributed by atoms with Crippen molar-refractivity contribution in [3.8, 4) is 11.3 Å². The van der Waals surface area contributed by atoms with Gasteiger partial charge in [-0.25, -0.2) is 9.86 Å². The van der Waals surface area contributed by atoms with Gasteiger partial charge in [0.2, 0.25) is 12.3 Å². The molecule has 0 saturated carbocycles. The number of hydroxylamine groups is 2. The molecule has 1 heterocycles. The van der Waals surface area contributed by atoms with E-state index in [1.165, 1.54) is 23.3 Å². The number of benzene rings is 2. The molecule has 0 spiro atoms. The van der Waals surface area contributed by atoms with Crippen LogP contribution < -0.4 is 16.0 Å². The zero-order valence-electron chi connectivity index (χ0n) is 29.3. The first kappa shape index (κ1) is 39.9. The van der Waals surface area contributed by atoms with Gasteiger partial charge >= 0.3 is 11.9 Å². The Labute approximate surface area is 297 Å². The standard InChI is InChI=1S/C37H46N4O10/c1-5-7-9-17-28(30(6-2)41(24-42)50-22-25-13-10-8-11-14-25)35(45)38-23-39-36(46)32-19-18-31(51-32)26-15-12-16-27(20-26)34(44)40-29(37(47)49-4)21-33(43)48-3/h8,10-16,18-20,24,28-30H,5-7,9,17,21-23H2,1-4H3,(H,38,45)(H,39,46)(H,40,44)/t28?,29?,30-/m1/s1. The van der Waals surface area contributed by atoms with E-state index in [-0.39, 0.29) is 36.3 Å². The van der Waals surface area contributed by atoms with Crippen molar-refractivity contribution in [1.82, 2.24) is 21.0 Å². The highest BCUT2D eigenvalue weighted by atomic mass is 16.7. The molecule has 0 saturated heterocycles. The van der Waals surface area contributed by atoms with Crippen molar-refractivity contribution >= 4 is 36.1 Å². The number of ether oxygens (including phenoxy) is 2. The van der Waals surface area contributed by atoms with Gasteiger partial charge in [0.15, 0.2) is 5.76 Å². The van der Waals surface area contributed by atoms with E-state index < -0.39 is 48.2 Å². The zero-order chi connectivity index (χ0) is 37.2. The highest BCUT2D eigenvalue weighted by molar-refractivity contribution is 5.98. The minimum atomic E-state index is -1.26. The minimum Gasteiger partial charge on any atom is -0.469 e. The van der Waals surface area contributed by atoms with Crippen LogP contribution in [0.3, 0.4) is 0 Å². The second-order valence-electron chi connectivity index (χ2n) is 11.6. The van der Waals surface area contributed by atoms with Gasteiger partial charge in [-0.3, -0.25) is 28.8 Å². The normalized spacial score (nSPS) is 12.5. The second-order valence-corrected chi connectivity index (χ2v) is 11.6. The fourth-order valence-electron chi connectivity index (χ4n) is 5.37. The summed E-state index contributed by atoms with van der Waals surface area (Å²) < 4.78 is 15.0. The lowest BCUT2D eigenvalue weighted by molar-refractivity contribution is -0.200. The van der Waals surface area contributed by atoms with E-state index in [0.717, 1.165) is 39.0 Å². The van der Waals surface area contributed by atoms with Crippen molar-refractivity contribution in [3.63, 3.8) is 0 Å². The highest BCUT2D eigenvalue weighted by Crippen LogP contribution is 2.24. The third kappa shape index (κ3) is 12.1. The van der Waals surface area contributed by atoms with Gasteiger partial charge in [-0.1, -0.05) is 75.6 Å². The van der Waals surface area contributed by atoms with Crippen LogP contribution in [0.5, 0.6) is 0 Å². The molecule has 3 N–H and O–H groups in total. The number of esters is 2. The van der Waals surface area contributed by atoms with Crippen LogP contribution in [0.1, 0.15) is 78.8 Å². The third-order valence-corrected chi connectivity index (χ3v) is 8.13. The summed E-state index contributed by atoms with van der Waals surface area (Å²) in [6.07, 6.45) is 3.84. The van der Waals surface area contributed by atoms with Crippen molar-refractivity contribution in [2.75, 3.05) is 20.9 Å². The molecular weight excluding hydrogens is 660 g/mol. The lowest BCUT2D eigenvalue weighted by atomic mass is 9.90. The van der Waals surface area contributed by atoms with Crippen LogP contribution in [0.15, 0.2) is 71.1 Å². The summed E-state index contributed by atoms with van der Waals surface area (Å²) in [5, 5.41) is 9.07. The Morgan fingerprint density at radius 1 is 0.882 bits per heavy atom. The molecule has 0 aliphatic carbocycles. The van der Waals surface area contributed by atoms with Crippen LogP contribution in [0.2, 0.25) is 0 Å². The molecule has 274 valence electrons. The molecule has 0 bridgehead atoms. The molecule has 0 aliphatic heterocycles. The first-order chi connectivity index (χ1) is 24.6. The van der Waals surface area contributed by atoms with Gasteiger partial charge in [-0.2, -0.15) is 0 Å². The number of unbranched alkanes of at least 4 members (excludes halogenated alkanes) is 2. The van der Waals surface area contributed by atoms with Gasteiger partial charge in [0.1, 0.15) is 18.4 Å². The van der Waals surface area contributed by atoms with Gasteiger partial charge in [-0.15, -0.1) is 0 Å². The Hall–Kier alpha value is -5.50. The predicted octanol–water partition coefficient (Wildman–Crippen LogP) is 4.15. The molecule has 3 atom stereocenters. The third-order valence-electron chi connectivity index (χ3n) is 8.13. The maximum atomic E-state index is 13.5. The summed E-state index contributed by atoms with van der Waals surface area (Å²) in [5.41, 5.74) is 1.51. The maximum Gasteiger partial charge on any atom is 0.328 e. The van der Waals surface area contributed by atoms with E-state index in [2.05, 4.69) is 32.3 Å². The van der Waals surface area contributed by atoms with Gasteiger partial charge in [0, 0.05) is 11.1 Å². The van der Waals surface area contributed by atoms with E-state index >= 15 is 0 Å². The Kier molecular flexibility index (Phi) is 16.4. The molecule has 0 aliphatic rings. The average Bonchev–Trinajstić information content (AvgIpc) is 3.66. The van der Waals surface area contributed by atoms with Crippen LogP contribution >= 0.6 is 0 Å². The quantitative estimate of drug-likeness (QED) is 0.0479. The molecule has 3 aromatic rings. The topological polar surface area (TPSA) is 183 Å². The highest BCUT2D eigenvalue weighted by Gasteiger charge is 2.32. The fraction of sp³-hybridized carbons (Fsp3) is 0.405. The minimum absolute atomic E-state index is 0.0368. The summed E-state index contributed by atoms with van der Waals surface area (Å²) in [7, 11) is 2.30. The van der Waals surface area contributed by atoms with Gasteiger partial charge in [-0.05, 0) is 42.7 Å². The molecule has 14 heteroatoms. The number of nitrogens with one attached hydrogen (secondary N) is 3. The summed E-state index contributed by atoms with van der Waals surface area (Å²) in [6.45, 7) is 3.93. The fourth-order valence-corrected chi connectivity index (χ4v) is 5.37. The predicted molar refractivity (Wildman–Crippen MR) is 185 cm³/mol. The molecule has 0 fully saturated rings. The van der Waals surface area contributed by atoms with Crippen LogP contribution in [0.25, 0.3) is 11.3 Å². The monoisotopic (exact) mass is 706 g/mol. The van der Waals surface area contributed by atoms with Gasteiger partial charge in [0.25, 0.3) is 11.8 Å². The van der Waals surface area contributed by atoms with E-state index in [1.807, 2.05) is 37.3 Å². The smallest absolute Gasteiger partial charge is 0.328 e. The van der Waals surface area contributed by atoms with E-state index in [0.29, 0.717) is 24.8 Å². The number of hydrogen-bond donors (Lipinski definition) is 3. The summed E-state index contributed by atoms with van der Waals surface area (Å²) in [5.74, 6) is -3.41. The summed E-state index contributed by atoms with van der Waals surface area (Å²) in [4.78, 5) is 81.0. The Morgan fingerprint density at radius 3 is 2.31 bits per heavy atom. The number of rotatable bonds is 21. The molecule has 0 radical (unpaired) electrons. The second kappa shape index (κ2) is 20.9. The molecule has 2 aromatic carbocycles. The summed E-state index contributed by atoms with van der Waals surface area (Å²) in [6, 6.07) is 16.9. The Bertz CT molecular complexity index is 1610. The molecule has 2 unspecified atom stereocenters. The van der Waals surface area contributed by atoms with Crippen LogP contribution in [-0.2, 0) is 40.1 Å². The van der Waals surface area contributed by atoms with E-state index in [1.54, 1.807) is 18.2 Å². The van der Waals surface area contributed by atoms with E-state index in [4.69, 9.17) is 9.25 Å². The first-order valence-electron chi connectivity index (χ1n) is 16.8. The summed E-state index contributed by atoms with van der Waals surface area (Å²) >= 11 is 0. The van der Waals surface area contributed by atoms with Crippen molar-refractivity contribution in [2.45, 2.75) is 71.1 Å². The molecule has 4 amide bonds. The molecule has 3 rings (SSSR count). The lowest BCUT2D eigenvalue weighted by Crippen LogP contribution is -2.48. The van der Waals surface area contributed by atoms with Gasteiger partial charge in [0.05, 0.1) is 39.3 Å². The number of nitrogens with zero attached hydrogens (tertiary/aromatic N) is 1.